The van der Waals surface area contributed by atoms with Crippen molar-refractivity contribution in [3.05, 3.63) is 29.8 Å². The van der Waals surface area contributed by atoms with Gasteiger partial charge in [-0.2, -0.15) is 0 Å². The van der Waals surface area contributed by atoms with Crippen LogP contribution >= 0.6 is 0 Å². The van der Waals surface area contributed by atoms with E-state index < -0.39 is 0 Å². The van der Waals surface area contributed by atoms with E-state index in [1.165, 1.54) is 0 Å². The van der Waals surface area contributed by atoms with E-state index in [9.17, 15) is 5.11 Å². The maximum Gasteiger partial charge on any atom is 0.217 e. The van der Waals surface area contributed by atoms with E-state index in [1.54, 1.807) is 12.1 Å². The minimum Gasteiger partial charge on any atom is -0.508 e. The van der Waals surface area contributed by atoms with Crippen molar-refractivity contribution in [2.75, 3.05) is 0 Å². The fourth-order valence-corrected chi connectivity index (χ4v) is 2.21. The first-order chi connectivity index (χ1) is 8.03. The summed E-state index contributed by atoms with van der Waals surface area (Å²) >= 11 is 0. The van der Waals surface area contributed by atoms with Crippen LogP contribution in [-0.4, -0.2) is 15.7 Å². The van der Waals surface area contributed by atoms with E-state index in [2.05, 4.69) is 24.9 Å². The quantitative estimate of drug-likeness (QED) is 0.755. The van der Waals surface area contributed by atoms with Crippen LogP contribution in [0.25, 0.3) is 10.9 Å². The van der Waals surface area contributed by atoms with Crippen LogP contribution in [0.3, 0.4) is 0 Å². The van der Waals surface area contributed by atoms with Crippen LogP contribution in [0, 0.1) is 0 Å². The van der Waals surface area contributed by atoms with Gasteiger partial charge in [0.2, 0.25) is 5.88 Å². The van der Waals surface area contributed by atoms with Crippen LogP contribution in [0.15, 0.2) is 24.3 Å². The molecule has 0 spiro atoms. The summed E-state index contributed by atoms with van der Waals surface area (Å²) < 4.78 is 5.88. The molecule has 0 saturated heterocycles. The molecule has 1 aromatic heterocycles. The second kappa shape index (κ2) is 3.36. The van der Waals surface area contributed by atoms with Crippen LogP contribution in [0.5, 0.6) is 11.6 Å². The number of ether oxygens (including phenoxy) is 1. The summed E-state index contributed by atoms with van der Waals surface area (Å²) in [6.45, 7) is 4.16. The Morgan fingerprint density at radius 3 is 2.94 bits per heavy atom. The summed E-state index contributed by atoms with van der Waals surface area (Å²) in [7, 11) is 0. The number of benzene rings is 1. The lowest BCUT2D eigenvalue weighted by molar-refractivity contribution is 0.0789. The summed E-state index contributed by atoms with van der Waals surface area (Å²) in [5.41, 5.74) is 1.85. The summed E-state index contributed by atoms with van der Waals surface area (Å²) in [6, 6.07) is 7.26. The Morgan fingerprint density at radius 1 is 1.29 bits per heavy atom. The van der Waals surface area contributed by atoms with Gasteiger partial charge in [0.15, 0.2) is 0 Å². The van der Waals surface area contributed by atoms with Gasteiger partial charge in [-0.15, -0.1) is 0 Å². The number of fused-ring (bicyclic) bond motifs is 2. The van der Waals surface area contributed by atoms with Gasteiger partial charge in [0.25, 0.3) is 0 Å². The number of nitrogens with zero attached hydrogens (tertiary/aromatic N) is 1. The lowest BCUT2D eigenvalue weighted by Crippen LogP contribution is -2.33. The predicted molar refractivity (Wildman–Crippen MR) is 66.4 cm³/mol. The molecular weight excluding hydrogens is 214 g/mol. The number of rotatable bonds is 0. The molecule has 3 heteroatoms. The van der Waals surface area contributed by atoms with Crippen LogP contribution in [-0.2, 0) is 6.42 Å². The van der Waals surface area contributed by atoms with Gasteiger partial charge >= 0.3 is 0 Å². The fraction of sp³-hybridized carbons (Fsp3) is 0.357. The van der Waals surface area contributed by atoms with E-state index in [4.69, 9.17) is 4.74 Å². The Balaban J connectivity index is 2.17. The van der Waals surface area contributed by atoms with Crippen molar-refractivity contribution in [3.63, 3.8) is 0 Å². The molecule has 1 aliphatic heterocycles. The molecule has 1 aromatic carbocycles. The van der Waals surface area contributed by atoms with Crippen LogP contribution in [0.1, 0.15) is 25.8 Å². The number of pyridine rings is 1. The number of aromatic nitrogens is 1. The molecule has 0 bridgehead atoms. The van der Waals surface area contributed by atoms with E-state index in [0.717, 1.165) is 35.2 Å². The van der Waals surface area contributed by atoms with Gasteiger partial charge in [-0.25, -0.2) is 4.98 Å². The summed E-state index contributed by atoms with van der Waals surface area (Å²) in [5, 5.41) is 10.4. The van der Waals surface area contributed by atoms with Crippen molar-refractivity contribution in [2.24, 2.45) is 0 Å². The SMILES string of the molecule is CC1(C)CCc2cc3cc(O)ccc3nc2O1. The Kier molecular flexibility index (Phi) is 2.05. The molecule has 1 aliphatic rings. The van der Waals surface area contributed by atoms with E-state index in [1.807, 2.05) is 6.07 Å². The first kappa shape index (κ1) is 10.4. The molecule has 0 aliphatic carbocycles. The van der Waals surface area contributed by atoms with Crippen molar-refractivity contribution in [1.29, 1.82) is 0 Å². The third-order valence-corrected chi connectivity index (χ3v) is 3.21. The summed E-state index contributed by atoms with van der Waals surface area (Å²) in [6.07, 6.45) is 1.97. The molecule has 0 radical (unpaired) electrons. The maximum absolute atomic E-state index is 9.46. The number of hydrogen-bond acceptors (Lipinski definition) is 3. The van der Waals surface area contributed by atoms with E-state index in [0.29, 0.717) is 0 Å². The van der Waals surface area contributed by atoms with Gasteiger partial charge in [0.1, 0.15) is 11.4 Å². The average Bonchev–Trinajstić information content (AvgIpc) is 2.26. The highest BCUT2D eigenvalue weighted by atomic mass is 16.5. The minimum absolute atomic E-state index is 0.134. The average molecular weight is 229 g/mol. The molecule has 3 rings (SSSR count). The van der Waals surface area contributed by atoms with Gasteiger partial charge in [-0.1, -0.05) is 0 Å². The molecule has 1 N–H and O–H groups in total. The number of phenols is 1. The Hall–Kier alpha value is -1.77. The molecule has 0 saturated carbocycles. The van der Waals surface area contributed by atoms with Crippen LogP contribution in [0.4, 0.5) is 0 Å². The molecule has 2 aromatic rings. The number of aromatic hydroxyl groups is 1. The molecule has 0 atom stereocenters. The highest BCUT2D eigenvalue weighted by molar-refractivity contribution is 5.81. The zero-order valence-electron chi connectivity index (χ0n) is 10.0. The van der Waals surface area contributed by atoms with Crippen molar-refractivity contribution < 1.29 is 9.84 Å². The van der Waals surface area contributed by atoms with Crippen molar-refractivity contribution in [2.45, 2.75) is 32.3 Å². The largest absolute Gasteiger partial charge is 0.508 e. The molecular formula is C14H15NO2. The molecule has 17 heavy (non-hydrogen) atoms. The molecule has 88 valence electrons. The molecule has 0 unspecified atom stereocenters. The Bertz CT molecular complexity index is 590. The number of aryl methyl sites for hydroxylation is 1. The third-order valence-electron chi connectivity index (χ3n) is 3.21. The van der Waals surface area contributed by atoms with Crippen molar-refractivity contribution in [1.82, 2.24) is 4.98 Å². The van der Waals surface area contributed by atoms with Crippen molar-refractivity contribution in [3.8, 4) is 11.6 Å². The van der Waals surface area contributed by atoms with E-state index in [-0.39, 0.29) is 11.4 Å². The first-order valence-electron chi connectivity index (χ1n) is 5.85. The second-order valence-corrected chi connectivity index (χ2v) is 5.19. The van der Waals surface area contributed by atoms with E-state index >= 15 is 0 Å². The third kappa shape index (κ3) is 1.82. The fourth-order valence-electron chi connectivity index (χ4n) is 2.21. The van der Waals surface area contributed by atoms with Crippen molar-refractivity contribution >= 4 is 10.9 Å². The Morgan fingerprint density at radius 2 is 2.12 bits per heavy atom. The van der Waals surface area contributed by atoms with Gasteiger partial charge in [0, 0.05) is 10.9 Å². The summed E-state index contributed by atoms with van der Waals surface area (Å²) in [5.74, 6) is 1.01. The van der Waals surface area contributed by atoms with Gasteiger partial charge in [0.05, 0.1) is 5.52 Å². The molecule has 3 nitrogen and oxygen atoms in total. The lowest BCUT2D eigenvalue weighted by Gasteiger charge is -2.31. The molecule has 0 amide bonds. The van der Waals surface area contributed by atoms with Gasteiger partial charge in [-0.3, -0.25) is 0 Å². The smallest absolute Gasteiger partial charge is 0.217 e. The monoisotopic (exact) mass is 229 g/mol. The highest BCUT2D eigenvalue weighted by Gasteiger charge is 2.27. The lowest BCUT2D eigenvalue weighted by atomic mass is 9.95. The van der Waals surface area contributed by atoms with Crippen LogP contribution < -0.4 is 4.74 Å². The first-order valence-corrected chi connectivity index (χ1v) is 5.85. The standard InChI is InChI=1S/C14H15NO2/c1-14(2)6-5-9-7-10-8-11(16)3-4-12(10)15-13(9)17-14/h3-4,7-8,16H,5-6H2,1-2H3. The number of phenolic OH excluding ortho intramolecular Hbond substituents is 1. The number of hydrogen-bond donors (Lipinski definition) is 1. The topological polar surface area (TPSA) is 42.4 Å². The zero-order chi connectivity index (χ0) is 12.0. The molecule has 0 fully saturated rings. The molecule has 2 heterocycles. The highest BCUT2D eigenvalue weighted by Crippen LogP contribution is 2.34. The van der Waals surface area contributed by atoms with Gasteiger partial charge < -0.3 is 9.84 Å². The zero-order valence-corrected chi connectivity index (χ0v) is 10.0. The normalized spacial score (nSPS) is 17.5. The second-order valence-electron chi connectivity index (χ2n) is 5.19. The predicted octanol–water partition coefficient (Wildman–Crippen LogP) is 3.04. The summed E-state index contributed by atoms with van der Waals surface area (Å²) in [4.78, 5) is 4.52. The maximum atomic E-state index is 9.46. The van der Waals surface area contributed by atoms with Gasteiger partial charge in [-0.05, 0) is 51.0 Å². The Labute approximate surface area is 100 Å². The van der Waals surface area contributed by atoms with Crippen LogP contribution in [0.2, 0.25) is 0 Å². The minimum atomic E-state index is -0.134.